The smallest absolute Gasteiger partial charge is 0.311 e. The Labute approximate surface area is 123 Å². The first kappa shape index (κ1) is 15.5. The molecule has 116 valence electrons. The summed E-state index contributed by atoms with van der Waals surface area (Å²) in [5.74, 6) is -0.522. The average molecular weight is 294 g/mol. The van der Waals surface area contributed by atoms with Gasteiger partial charge in [0.25, 0.3) is 5.91 Å². The molecule has 1 aromatic rings. The van der Waals surface area contributed by atoms with Crippen LogP contribution in [0.5, 0.6) is 0 Å². The summed E-state index contributed by atoms with van der Waals surface area (Å²) in [6.45, 7) is 3.71. The Kier molecular flexibility index (Phi) is 4.59. The average Bonchev–Trinajstić information content (AvgIpc) is 2.90. The largest absolute Gasteiger partial charge is 0.481 e. The van der Waals surface area contributed by atoms with E-state index in [1.165, 1.54) is 0 Å². The molecule has 1 aliphatic carbocycles. The Balaban J connectivity index is 2.07. The second-order valence-corrected chi connectivity index (χ2v) is 5.85. The SMILES string of the molecule is CCCc1nc(C(=O)NC2CCCCC2(C)C(=O)O)n[nH]1. The highest BCUT2D eigenvalue weighted by Gasteiger charge is 2.44. The first-order chi connectivity index (χ1) is 9.97. The van der Waals surface area contributed by atoms with Crippen molar-refractivity contribution in [1.82, 2.24) is 20.5 Å². The van der Waals surface area contributed by atoms with Crippen molar-refractivity contribution in [2.24, 2.45) is 5.41 Å². The van der Waals surface area contributed by atoms with Crippen molar-refractivity contribution in [2.45, 2.75) is 58.4 Å². The Hall–Kier alpha value is -1.92. The number of aryl methyl sites for hydroxylation is 1. The van der Waals surface area contributed by atoms with E-state index in [0.29, 0.717) is 18.7 Å². The van der Waals surface area contributed by atoms with Crippen molar-refractivity contribution >= 4 is 11.9 Å². The standard InChI is InChI=1S/C14H22N4O3/c1-3-6-10-16-11(18-17-10)12(19)15-9-7-4-5-8-14(9,2)13(20)21/h9H,3-8H2,1-2H3,(H,15,19)(H,20,21)(H,16,17,18). The molecular formula is C14H22N4O3. The molecule has 0 spiro atoms. The molecule has 1 saturated carbocycles. The molecule has 0 bridgehead atoms. The molecule has 0 aromatic carbocycles. The summed E-state index contributed by atoms with van der Waals surface area (Å²) >= 11 is 0. The fraction of sp³-hybridized carbons (Fsp3) is 0.714. The molecule has 1 fully saturated rings. The van der Waals surface area contributed by atoms with Gasteiger partial charge in [-0.25, -0.2) is 4.98 Å². The minimum Gasteiger partial charge on any atom is -0.481 e. The third kappa shape index (κ3) is 3.22. The number of aromatic nitrogens is 3. The summed E-state index contributed by atoms with van der Waals surface area (Å²) in [7, 11) is 0. The third-order valence-electron chi connectivity index (χ3n) is 4.22. The van der Waals surface area contributed by atoms with E-state index in [4.69, 9.17) is 0 Å². The lowest BCUT2D eigenvalue weighted by Gasteiger charge is -2.38. The van der Waals surface area contributed by atoms with Crippen LogP contribution in [-0.2, 0) is 11.2 Å². The van der Waals surface area contributed by atoms with Crippen LogP contribution in [0.25, 0.3) is 0 Å². The quantitative estimate of drug-likeness (QED) is 0.763. The predicted molar refractivity (Wildman–Crippen MR) is 75.8 cm³/mol. The minimum absolute atomic E-state index is 0.0803. The summed E-state index contributed by atoms with van der Waals surface area (Å²) in [5.41, 5.74) is -0.920. The summed E-state index contributed by atoms with van der Waals surface area (Å²) in [5, 5.41) is 18.9. The predicted octanol–water partition coefficient (Wildman–Crippen LogP) is 1.52. The number of nitrogens with zero attached hydrogens (tertiary/aromatic N) is 2. The van der Waals surface area contributed by atoms with E-state index in [1.807, 2.05) is 6.92 Å². The molecule has 1 aromatic heterocycles. The zero-order valence-corrected chi connectivity index (χ0v) is 12.5. The maximum Gasteiger partial charge on any atom is 0.311 e. The van der Waals surface area contributed by atoms with E-state index >= 15 is 0 Å². The maximum absolute atomic E-state index is 12.2. The molecule has 0 radical (unpaired) electrons. The van der Waals surface area contributed by atoms with Gasteiger partial charge in [0, 0.05) is 12.5 Å². The number of carbonyl (C=O) groups is 2. The van der Waals surface area contributed by atoms with Gasteiger partial charge in [0.1, 0.15) is 5.82 Å². The molecule has 2 atom stereocenters. The molecule has 7 nitrogen and oxygen atoms in total. The number of carboxylic acid groups (broad SMARTS) is 1. The summed E-state index contributed by atoms with van der Waals surface area (Å²) in [6.07, 6.45) is 4.68. The van der Waals surface area contributed by atoms with Crippen LogP contribution < -0.4 is 5.32 Å². The highest BCUT2D eigenvalue weighted by atomic mass is 16.4. The number of hydrogen-bond acceptors (Lipinski definition) is 4. The van der Waals surface area contributed by atoms with Crippen LogP contribution in [0.15, 0.2) is 0 Å². The van der Waals surface area contributed by atoms with Gasteiger partial charge in [-0.1, -0.05) is 19.8 Å². The van der Waals surface area contributed by atoms with E-state index in [2.05, 4.69) is 20.5 Å². The van der Waals surface area contributed by atoms with Crippen LogP contribution in [0, 0.1) is 5.41 Å². The topological polar surface area (TPSA) is 108 Å². The highest BCUT2D eigenvalue weighted by molar-refractivity contribution is 5.91. The Morgan fingerprint density at radius 2 is 2.24 bits per heavy atom. The zero-order valence-electron chi connectivity index (χ0n) is 12.5. The molecule has 7 heteroatoms. The van der Waals surface area contributed by atoms with Gasteiger partial charge >= 0.3 is 5.97 Å². The first-order valence-electron chi connectivity index (χ1n) is 7.43. The molecule has 1 amide bonds. The van der Waals surface area contributed by atoms with Gasteiger partial charge in [-0.2, -0.15) is 0 Å². The fourth-order valence-corrected chi connectivity index (χ4v) is 2.79. The zero-order chi connectivity index (χ0) is 15.5. The van der Waals surface area contributed by atoms with Gasteiger partial charge in [0.05, 0.1) is 5.41 Å². The molecular weight excluding hydrogens is 272 g/mol. The van der Waals surface area contributed by atoms with Crippen LogP contribution in [-0.4, -0.2) is 38.2 Å². The number of hydrogen-bond donors (Lipinski definition) is 3. The second-order valence-electron chi connectivity index (χ2n) is 5.85. The van der Waals surface area contributed by atoms with Crippen molar-refractivity contribution in [3.05, 3.63) is 11.6 Å². The number of H-pyrrole nitrogens is 1. The van der Waals surface area contributed by atoms with Gasteiger partial charge in [-0.3, -0.25) is 14.7 Å². The number of aromatic amines is 1. The number of amides is 1. The molecule has 0 saturated heterocycles. The molecule has 2 rings (SSSR count). The second kappa shape index (κ2) is 6.24. The third-order valence-corrected chi connectivity index (χ3v) is 4.22. The first-order valence-corrected chi connectivity index (χ1v) is 7.43. The number of carbonyl (C=O) groups excluding carboxylic acids is 1. The summed E-state index contributed by atoms with van der Waals surface area (Å²) in [4.78, 5) is 27.8. The molecule has 21 heavy (non-hydrogen) atoms. The van der Waals surface area contributed by atoms with Crippen molar-refractivity contribution in [3.8, 4) is 0 Å². The summed E-state index contributed by atoms with van der Waals surface area (Å²) in [6, 6.07) is -0.385. The molecule has 2 unspecified atom stereocenters. The van der Waals surface area contributed by atoms with Crippen LogP contribution >= 0.6 is 0 Å². The van der Waals surface area contributed by atoms with Gasteiger partial charge in [-0.05, 0) is 26.2 Å². The van der Waals surface area contributed by atoms with E-state index in [9.17, 15) is 14.7 Å². The van der Waals surface area contributed by atoms with Crippen molar-refractivity contribution < 1.29 is 14.7 Å². The van der Waals surface area contributed by atoms with Crippen LogP contribution in [0.4, 0.5) is 0 Å². The van der Waals surface area contributed by atoms with E-state index in [1.54, 1.807) is 6.92 Å². The molecule has 3 N–H and O–H groups in total. The molecule has 1 heterocycles. The van der Waals surface area contributed by atoms with Gasteiger partial charge in [0.15, 0.2) is 0 Å². The maximum atomic E-state index is 12.2. The van der Waals surface area contributed by atoms with Crippen molar-refractivity contribution in [1.29, 1.82) is 0 Å². The lowest BCUT2D eigenvalue weighted by molar-refractivity contribution is -0.151. The minimum atomic E-state index is -0.920. The Bertz CT molecular complexity index is 528. The van der Waals surface area contributed by atoms with E-state index in [-0.39, 0.29) is 11.9 Å². The normalized spacial score (nSPS) is 25.5. The highest BCUT2D eigenvalue weighted by Crippen LogP contribution is 2.36. The van der Waals surface area contributed by atoms with Gasteiger partial charge in [0.2, 0.25) is 5.82 Å². The van der Waals surface area contributed by atoms with Crippen LogP contribution in [0.3, 0.4) is 0 Å². The number of carboxylic acids is 1. The number of nitrogens with one attached hydrogen (secondary N) is 2. The van der Waals surface area contributed by atoms with Gasteiger partial charge in [-0.15, -0.1) is 5.10 Å². The van der Waals surface area contributed by atoms with E-state index < -0.39 is 17.3 Å². The van der Waals surface area contributed by atoms with Crippen LogP contribution in [0.2, 0.25) is 0 Å². The Morgan fingerprint density at radius 1 is 1.48 bits per heavy atom. The lowest BCUT2D eigenvalue weighted by Crippen LogP contribution is -2.52. The number of rotatable bonds is 5. The Morgan fingerprint density at radius 3 is 2.90 bits per heavy atom. The van der Waals surface area contributed by atoms with Gasteiger partial charge < -0.3 is 10.4 Å². The van der Waals surface area contributed by atoms with E-state index in [0.717, 1.165) is 25.7 Å². The summed E-state index contributed by atoms with van der Waals surface area (Å²) < 4.78 is 0. The molecule has 0 aliphatic heterocycles. The molecule has 1 aliphatic rings. The monoisotopic (exact) mass is 294 g/mol. The van der Waals surface area contributed by atoms with Crippen molar-refractivity contribution in [3.63, 3.8) is 0 Å². The fourth-order valence-electron chi connectivity index (χ4n) is 2.79. The lowest BCUT2D eigenvalue weighted by atomic mass is 9.71. The number of aliphatic carboxylic acids is 1. The van der Waals surface area contributed by atoms with Crippen molar-refractivity contribution in [2.75, 3.05) is 0 Å². The van der Waals surface area contributed by atoms with Crippen LogP contribution in [0.1, 0.15) is 62.4 Å².